The fraction of sp³-hybridized carbons (Fsp3) is 0.306. The molecule has 3 aliphatic rings. The van der Waals surface area contributed by atoms with Crippen LogP contribution in [-0.2, 0) is 37.8 Å². The van der Waals surface area contributed by atoms with Crippen molar-refractivity contribution in [2.75, 3.05) is 30.2 Å². The Morgan fingerprint density at radius 3 is 2.33 bits per heavy atom. The summed E-state index contributed by atoms with van der Waals surface area (Å²) in [6.07, 6.45) is 0.277. The third-order valence-corrected chi connectivity index (χ3v) is 17.3. The Hall–Kier alpha value is -5.59. The minimum atomic E-state index is -2.57. The number of anilines is 2. The van der Waals surface area contributed by atoms with Crippen LogP contribution in [0.4, 0.5) is 11.4 Å². The molecule has 0 saturated carbocycles. The second-order valence-electron chi connectivity index (χ2n) is 16.7. The highest BCUT2D eigenvalue weighted by molar-refractivity contribution is 6.91. The van der Waals surface area contributed by atoms with E-state index in [2.05, 4.69) is 32.2 Å². The maximum absolute atomic E-state index is 15.5. The first-order valence-electron chi connectivity index (χ1n) is 20.9. The van der Waals surface area contributed by atoms with Crippen LogP contribution in [0, 0.1) is 5.92 Å². The maximum atomic E-state index is 15.5. The van der Waals surface area contributed by atoms with Gasteiger partial charge in [0.1, 0.15) is 5.75 Å². The van der Waals surface area contributed by atoms with E-state index in [1.165, 1.54) is 5.01 Å². The average Bonchev–Trinajstić information content (AvgIpc) is 3.69. The van der Waals surface area contributed by atoms with E-state index in [0.29, 0.717) is 41.3 Å². The summed E-state index contributed by atoms with van der Waals surface area (Å²) in [5.74, 6) is -0.107. The summed E-state index contributed by atoms with van der Waals surface area (Å²) in [5, 5.41) is 17.9. The average molecular weight is 856 g/mol. The maximum Gasteiger partial charge on any atom is 0.264 e. The number of hydrogen-bond acceptors (Lipinski definition) is 7. The molecule has 0 aromatic heterocycles. The van der Waals surface area contributed by atoms with Crippen LogP contribution in [0.2, 0.25) is 23.7 Å². The van der Waals surface area contributed by atoms with E-state index in [1.807, 2.05) is 109 Å². The van der Waals surface area contributed by atoms with Gasteiger partial charge in [-0.15, -0.1) is 0 Å². The Morgan fingerprint density at radius 2 is 1.62 bits per heavy atom. The number of fused-ring (bicyclic) bond motifs is 2. The number of hydrazone groups is 1. The molecule has 12 heteroatoms. The fourth-order valence-electron chi connectivity index (χ4n) is 9.72. The van der Waals surface area contributed by atoms with Crippen molar-refractivity contribution in [2.45, 2.75) is 69.6 Å². The van der Waals surface area contributed by atoms with Gasteiger partial charge in [0.2, 0.25) is 11.8 Å². The van der Waals surface area contributed by atoms with Crippen LogP contribution in [0.5, 0.6) is 5.75 Å². The van der Waals surface area contributed by atoms with Gasteiger partial charge in [-0.25, -0.2) is 5.01 Å². The summed E-state index contributed by atoms with van der Waals surface area (Å²) in [6.45, 7) is 7.15. The molecule has 0 radical (unpaired) electrons. The molecule has 3 aliphatic heterocycles. The number of hydrogen-bond donors (Lipinski definition) is 1. The molecule has 0 unspecified atom stereocenters. The summed E-state index contributed by atoms with van der Waals surface area (Å²) in [7, 11) is -0.933. The molecular weight excluding hydrogens is 804 g/mol. The zero-order valence-electron chi connectivity index (χ0n) is 35.0. The minimum absolute atomic E-state index is 0.0246. The van der Waals surface area contributed by atoms with Crippen molar-refractivity contribution >= 4 is 59.7 Å². The van der Waals surface area contributed by atoms with Gasteiger partial charge in [0.15, 0.2) is 5.60 Å². The molecule has 314 valence electrons. The first-order chi connectivity index (χ1) is 29.4. The predicted octanol–water partition coefficient (Wildman–Crippen LogP) is 8.05. The van der Waals surface area contributed by atoms with Crippen molar-refractivity contribution in [1.29, 1.82) is 0 Å². The molecule has 3 amide bonds. The van der Waals surface area contributed by atoms with Gasteiger partial charge in [0, 0.05) is 42.4 Å². The lowest BCUT2D eigenvalue weighted by Gasteiger charge is -2.37. The van der Waals surface area contributed by atoms with Crippen LogP contribution < -0.4 is 19.8 Å². The van der Waals surface area contributed by atoms with Crippen LogP contribution in [0.3, 0.4) is 0 Å². The zero-order chi connectivity index (χ0) is 42.9. The standard InChI is InChI=1S/C49H51ClN4O6Si/c1-33-47(61(3,4)40-21-19-39(59-2)20-22-40)44(30-46(57)52(26-27-55)31-34-12-7-5-8-13-34)60-49(33)41-29-37(50)18-24-43(41)53(48(49)58)32-35-14-11-17-38(28-35)54-45(56)25-23-42(51-54)36-15-9-6-10-16-36/h5-22,24,28-29,33,44,47,55H,23,25-27,30-32H2,1-4H3/t33-,44+,47-,49+/m1/s1. The number of aliphatic hydroxyl groups is 1. The number of amides is 3. The van der Waals surface area contributed by atoms with E-state index in [4.69, 9.17) is 26.2 Å². The zero-order valence-corrected chi connectivity index (χ0v) is 36.7. The molecule has 1 N–H and O–H groups in total. The van der Waals surface area contributed by atoms with Crippen LogP contribution in [-0.4, -0.2) is 67.9 Å². The first-order valence-corrected chi connectivity index (χ1v) is 24.3. The van der Waals surface area contributed by atoms with E-state index in [0.717, 1.165) is 33.3 Å². The Morgan fingerprint density at radius 1 is 0.918 bits per heavy atom. The van der Waals surface area contributed by atoms with Crippen molar-refractivity contribution in [3.05, 3.63) is 155 Å². The van der Waals surface area contributed by atoms with E-state index < -0.39 is 19.8 Å². The van der Waals surface area contributed by atoms with E-state index in [1.54, 1.807) is 23.0 Å². The number of carbonyl (C=O) groups is 3. The van der Waals surface area contributed by atoms with Gasteiger partial charge in [0.05, 0.1) is 57.9 Å². The van der Waals surface area contributed by atoms with Gasteiger partial charge in [-0.05, 0) is 64.7 Å². The summed E-state index contributed by atoms with van der Waals surface area (Å²) < 4.78 is 12.8. The Balaban J connectivity index is 1.16. The highest BCUT2D eigenvalue weighted by atomic mass is 35.5. The lowest BCUT2D eigenvalue weighted by atomic mass is 9.82. The fourth-order valence-corrected chi connectivity index (χ4v) is 13.9. The van der Waals surface area contributed by atoms with Crippen molar-refractivity contribution < 1.29 is 29.0 Å². The molecular formula is C49H51ClN4O6Si. The molecule has 1 spiro atoms. The molecule has 0 bridgehead atoms. The molecule has 1 saturated heterocycles. The summed E-state index contributed by atoms with van der Waals surface area (Å²) >= 11 is 6.77. The minimum Gasteiger partial charge on any atom is -0.497 e. The molecule has 0 aliphatic carbocycles. The summed E-state index contributed by atoms with van der Waals surface area (Å²) in [6, 6.07) is 40.8. The topological polar surface area (TPSA) is 112 Å². The summed E-state index contributed by atoms with van der Waals surface area (Å²) in [4.78, 5) is 46.7. The molecule has 1 fully saturated rings. The largest absolute Gasteiger partial charge is 0.497 e. The lowest BCUT2D eigenvalue weighted by molar-refractivity contribution is -0.150. The van der Waals surface area contributed by atoms with Crippen molar-refractivity contribution in [2.24, 2.45) is 11.0 Å². The van der Waals surface area contributed by atoms with Gasteiger partial charge in [-0.2, -0.15) is 5.10 Å². The molecule has 5 aromatic carbocycles. The van der Waals surface area contributed by atoms with Gasteiger partial charge >= 0.3 is 0 Å². The van der Waals surface area contributed by atoms with Gasteiger partial charge in [-0.1, -0.05) is 122 Å². The van der Waals surface area contributed by atoms with Gasteiger partial charge in [0.25, 0.3) is 5.91 Å². The normalized spacial score (nSPS) is 21.1. The number of carbonyl (C=O) groups excluding carboxylic acids is 3. The second-order valence-corrected chi connectivity index (χ2v) is 21.8. The van der Waals surface area contributed by atoms with Gasteiger partial charge < -0.3 is 24.4 Å². The van der Waals surface area contributed by atoms with Crippen molar-refractivity contribution in [1.82, 2.24) is 4.90 Å². The van der Waals surface area contributed by atoms with Gasteiger partial charge in [-0.3, -0.25) is 14.4 Å². The molecule has 4 atom stereocenters. The third-order valence-electron chi connectivity index (χ3n) is 12.7. The number of ether oxygens (including phenoxy) is 2. The smallest absolute Gasteiger partial charge is 0.264 e. The number of rotatable bonds is 13. The first kappa shape index (κ1) is 42.1. The highest BCUT2D eigenvalue weighted by Gasteiger charge is 2.66. The molecule has 8 rings (SSSR count). The van der Waals surface area contributed by atoms with Crippen LogP contribution >= 0.6 is 11.6 Å². The highest BCUT2D eigenvalue weighted by Crippen LogP contribution is 2.60. The number of nitrogens with zero attached hydrogens (tertiary/aromatic N) is 4. The van der Waals surface area contributed by atoms with Crippen LogP contribution in [0.25, 0.3) is 0 Å². The second kappa shape index (κ2) is 17.4. The molecule has 10 nitrogen and oxygen atoms in total. The third kappa shape index (κ3) is 8.03. The Kier molecular flexibility index (Phi) is 12.0. The molecule has 5 aromatic rings. The predicted molar refractivity (Wildman–Crippen MR) is 242 cm³/mol. The quantitative estimate of drug-likeness (QED) is 0.120. The van der Waals surface area contributed by atoms with E-state index >= 15 is 4.79 Å². The van der Waals surface area contributed by atoms with Crippen LogP contribution in [0.1, 0.15) is 48.4 Å². The van der Waals surface area contributed by atoms with E-state index in [9.17, 15) is 14.7 Å². The number of methoxy groups -OCH3 is 1. The lowest BCUT2D eigenvalue weighted by Crippen LogP contribution is -2.52. The number of benzene rings is 5. The SMILES string of the molecule is COc1ccc([Si](C)(C)[C@H]2[C@H](CC(=O)N(CCO)Cc3ccccc3)O[C@@]3(C(=O)N(Cc4cccc(N5N=C(c6ccccc6)CCC5=O)c4)c4ccc(Cl)cc43)[C@@H]2C)cc1. The molecule has 3 heterocycles. The Labute approximate surface area is 363 Å². The monoisotopic (exact) mass is 854 g/mol. The summed E-state index contributed by atoms with van der Waals surface area (Å²) in [5.41, 5.74) is 3.91. The van der Waals surface area contributed by atoms with Crippen molar-refractivity contribution in [3.8, 4) is 5.75 Å². The number of halogens is 1. The Bertz CT molecular complexity index is 2450. The number of aliphatic hydroxyl groups excluding tert-OH is 1. The van der Waals surface area contributed by atoms with E-state index in [-0.39, 0.29) is 55.3 Å². The van der Waals surface area contributed by atoms with Crippen LogP contribution in [0.15, 0.2) is 132 Å². The molecule has 61 heavy (non-hydrogen) atoms. The van der Waals surface area contributed by atoms with Crippen molar-refractivity contribution in [3.63, 3.8) is 0 Å².